The van der Waals surface area contributed by atoms with Gasteiger partial charge < -0.3 is 10.2 Å². The van der Waals surface area contributed by atoms with E-state index in [0.717, 1.165) is 11.4 Å². The number of nitrogens with zero attached hydrogens (tertiary/aromatic N) is 2. The van der Waals surface area contributed by atoms with Gasteiger partial charge in [0.15, 0.2) is 0 Å². The lowest BCUT2D eigenvalue weighted by atomic mass is 10.2. The van der Waals surface area contributed by atoms with Crippen LogP contribution in [-0.4, -0.2) is 44.8 Å². The minimum atomic E-state index is -3.63. The molecule has 1 fully saturated rings. The van der Waals surface area contributed by atoms with E-state index in [1.807, 2.05) is 24.3 Å². The third-order valence-electron chi connectivity index (χ3n) is 4.56. The third kappa shape index (κ3) is 4.28. The molecule has 0 aromatic heterocycles. The molecular weight excluding hydrogens is 369 g/mol. The van der Waals surface area contributed by atoms with Crippen LogP contribution in [0.5, 0.6) is 0 Å². The summed E-state index contributed by atoms with van der Waals surface area (Å²) in [4.78, 5) is 13.3. The van der Waals surface area contributed by atoms with Gasteiger partial charge in [-0.25, -0.2) is 12.8 Å². The minimum Gasteiger partial charge on any atom is -0.369 e. The molecule has 1 aliphatic rings. The maximum absolute atomic E-state index is 13.4. The van der Waals surface area contributed by atoms with Crippen molar-refractivity contribution in [1.82, 2.24) is 4.31 Å². The van der Waals surface area contributed by atoms with E-state index >= 15 is 0 Å². The molecule has 0 radical (unpaired) electrons. The van der Waals surface area contributed by atoms with Crippen molar-refractivity contribution in [2.45, 2.75) is 18.7 Å². The van der Waals surface area contributed by atoms with E-state index < -0.39 is 15.8 Å². The number of aryl methyl sites for hydroxylation is 1. The topological polar surface area (TPSA) is 69.7 Å². The number of piperazine rings is 1. The Bertz CT molecular complexity index is 937. The Morgan fingerprint density at radius 2 is 1.67 bits per heavy atom. The Kier molecular flexibility index (Phi) is 5.48. The number of amides is 1. The molecule has 1 amide bonds. The summed E-state index contributed by atoms with van der Waals surface area (Å²) in [6, 6.07) is 11.3. The van der Waals surface area contributed by atoms with Crippen molar-refractivity contribution in [3.63, 3.8) is 0 Å². The lowest BCUT2D eigenvalue weighted by Crippen LogP contribution is -2.48. The number of carbonyl (C=O) groups excluding carboxylic acids is 1. The van der Waals surface area contributed by atoms with Gasteiger partial charge in [0.05, 0.1) is 4.90 Å². The van der Waals surface area contributed by atoms with Gasteiger partial charge in [-0.05, 0) is 55.0 Å². The molecule has 6 nitrogen and oxygen atoms in total. The molecule has 27 heavy (non-hydrogen) atoms. The van der Waals surface area contributed by atoms with E-state index in [9.17, 15) is 17.6 Å². The van der Waals surface area contributed by atoms with Crippen molar-refractivity contribution < 1.29 is 17.6 Å². The first kappa shape index (κ1) is 19.3. The highest BCUT2D eigenvalue weighted by atomic mass is 32.2. The van der Waals surface area contributed by atoms with Crippen LogP contribution >= 0.6 is 0 Å². The molecule has 144 valence electrons. The first-order valence-electron chi connectivity index (χ1n) is 8.66. The maximum Gasteiger partial charge on any atom is 0.243 e. The van der Waals surface area contributed by atoms with Gasteiger partial charge in [0.25, 0.3) is 0 Å². The Morgan fingerprint density at radius 3 is 2.22 bits per heavy atom. The molecule has 0 unspecified atom stereocenters. The Hall–Kier alpha value is -2.45. The predicted molar refractivity (Wildman–Crippen MR) is 103 cm³/mol. The molecule has 0 aliphatic carbocycles. The highest BCUT2D eigenvalue weighted by Crippen LogP contribution is 2.23. The molecule has 8 heteroatoms. The number of carbonyl (C=O) groups is 1. The lowest BCUT2D eigenvalue weighted by Gasteiger charge is -2.35. The van der Waals surface area contributed by atoms with Crippen molar-refractivity contribution in [3.05, 3.63) is 53.8 Å². The summed E-state index contributed by atoms with van der Waals surface area (Å²) in [5, 5.41) is 2.72. The fourth-order valence-electron chi connectivity index (χ4n) is 3.07. The average molecular weight is 391 g/mol. The summed E-state index contributed by atoms with van der Waals surface area (Å²) in [7, 11) is -3.63. The Balaban J connectivity index is 1.67. The zero-order chi connectivity index (χ0) is 19.6. The summed E-state index contributed by atoms with van der Waals surface area (Å²) in [6.45, 7) is 4.82. The van der Waals surface area contributed by atoms with Gasteiger partial charge in [-0.2, -0.15) is 4.31 Å². The molecule has 0 spiro atoms. The van der Waals surface area contributed by atoms with Gasteiger partial charge in [-0.3, -0.25) is 4.79 Å². The standard InChI is InChI=1S/C19H22FN3O3S/c1-14-13-18(7-8-19(14)20)27(25,26)23-11-9-22(10-12-23)17-5-3-16(4-6-17)21-15(2)24/h3-8,13H,9-12H2,1-2H3,(H,21,24). The number of sulfonamides is 1. The lowest BCUT2D eigenvalue weighted by molar-refractivity contribution is -0.114. The minimum absolute atomic E-state index is 0.120. The van der Waals surface area contributed by atoms with Crippen LogP contribution in [0.3, 0.4) is 0 Å². The monoisotopic (exact) mass is 391 g/mol. The van der Waals surface area contributed by atoms with E-state index in [-0.39, 0.29) is 10.8 Å². The van der Waals surface area contributed by atoms with Gasteiger partial charge in [0.2, 0.25) is 15.9 Å². The fraction of sp³-hybridized carbons (Fsp3) is 0.316. The van der Waals surface area contributed by atoms with E-state index in [0.29, 0.717) is 31.7 Å². The van der Waals surface area contributed by atoms with Gasteiger partial charge in [0.1, 0.15) is 5.82 Å². The molecule has 1 N–H and O–H groups in total. The fourth-order valence-corrected chi connectivity index (χ4v) is 4.58. The predicted octanol–water partition coefficient (Wildman–Crippen LogP) is 2.60. The van der Waals surface area contributed by atoms with Gasteiger partial charge in [-0.15, -0.1) is 0 Å². The number of anilines is 2. The quantitative estimate of drug-likeness (QED) is 0.870. The zero-order valence-corrected chi connectivity index (χ0v) is 16.1. The molecule has 1 saturated heterocycles. The smallest absolute Gasteiger partial charge is 0.243 e. The maximum atomic E-state index is 13.4. The largest absolute Gasteiger partial charge is 0.369 e. The van der Waals surface area contributed by atoms with Crippen LogP contribution in [0.15, 0.2) is 47.4 Å². The second kappa shape index (κ2) is 7.66. The van der Waals surface area contributed by atoms with E-state index in [4.69, 9.17) is 0 Å². The van der Waals surface area contributed by atoms with Crippen LogP contribution < -0.4 is 10.2 Å². The summed E-state index contributed by atoms with van der Waals surface area (Å²) >= 11 is 0. The molecular formula is C19H22FN3O3S. The number of nitrogens with one attached hydrogen (secondary N) is 1. The normalized spacial score (nSPS) is 15.6. The number of rotatable bonds is 4. The Labute approximate surface area is 158 Å². The summed E-state index contributed by atoms with van der Waals surface area (Å²) in [5.74, 6) is -0.543. The molecule has 3 rings (SSSR count). The molecule has 0 bridgehead atoms. The van der Waals surface area contributed by atoms with Crippen LogP contribution in [-0.2, 0) is 14.8 Å². The number of hydrogen-bond donors (Lipinski definition) is 1. The van der Waals surface area contributed by atoms with Crippen LogP contribution in [0.4, 0.5) is 15.8 Å². The van der Waals surface area contributed by atoms with Crippen molar-refractivity contribution in [2.75, 3.05) is 36.4 Å². The number of benzene rings is 2. The van der Waals surface area contributed by atoms with Crippen LogP contribution in [0.1, 0.15) is 12.5 Å². The molecule has 1 heterocycles. The summed E-state index contributed by atoms with van der Waals surface area (Å²) < 4.78 is 40.4. The van der Waals surface area contributed by atoms with Crippen LogP contribution in [0, 0.1) is 12.7 Å². The van der Waals surface area contributed by atoms with Crippen LogP contribution in [0.2, 0.25) is 0 Å². The van der Waals surface area contributed by atoms with E-state index in [1.54, 1.807) is 6.92 Å². The SMILES string of the molecule is CC(=O)Nc1ccc(N2CCN(S(=O)(=O)c3ccc(F)c(C)c3)CC2)cc1. The van der Waals surface area contributed by atoms with Gasteiger partial charge in [-0.1, -0.05) is 0 Å². The number of hydrogen-bond acceptors (Lipinski definition) is 4. The van der Waals surface area contributed by atoms with Gasteiger partial charge >= 0.3 is 0 Å². The van der Waals surface area contributed by atoms with Crippen molar-refractivity contribution >= 4 is 27.3 Å². The Morgan fingerprint density at radius 1 is 1.04 bits per heavy atom. The first-order chi connectivity index (χ1) is 12.8. The van der Waals surface area contributed by atoms with E-state index in [2.05, 4.69) is 10.2 Å². The zero-order valence-electron chi connectivity index (χ0n) is 15.3. The van der Waals surface area contributed by atoms with Crippen molar-refractivity contribution in [1.29, 1.82) is 0 Å². The second-order valence-electron chi connectivity index (χ2n) is 6.53. The average Bonchev–Trinajstić information content (AvgIpc) is 2.64. The van der Waals surface area contributed by atoms with Crippen LogP contribution in [0.25, 0.3) is 0 Å². The molecule has 0 atom stereocenters. The second-order valence-corrected chi connectivity index (χ2v) is 8.47. The summed E-state index contributed by atoms with van der Waals surface area (Å²) in [6.07, 6.45) is 0. The summed E-state index contributed by atoms with van der Waals surface area (Å²) in [5.41, 5.74) is 2.01. The number of halogens is 1. The highest BCUT2D eigenvalue weighted by molar-refractivity contribution is 7.89. The third-order valence-corrected chi connectivity index (χ3v) is 6.45. The van der Waals surface area contributed by atoms with Gasteiger partial charge in [0, 0.05) is 44.5 Å². The van der Waals surface area contributed by atoms with Crippen molar-refractivity contribution in [3.8, 4) is 0 Å². The van der Waals surface area contributed by atoms with Crippen molar-refractivity contribution in [2.24, 2.45) is 0 Å². The van der Waals surface area contributed by atoms with E-state index in [1.165, 1.54) is 29.4 Å². The molecule has 0 saturated carbocycles. The first-order valence-corrected chi connectivity index (χ1v) is 10.1. The molecule has 1 aliphatic heterocycles. The molecule has 2 aromatic rings. The molecule has 2 aromatic carbocycles. The highest BCUT2D eigenvalue weighted by Gasteiger charge is 2.28.